The molecule has 0 aliphatic carbocycles. The van der Waals surface area contributed by atoms with E-state index in [4.69, 9.17) is 0 Å². The van der Waals surface area contributed by atoms with E-state index >= 15 is 0 Å². The number of halogens is 3. The Morgan fingerprint density at radius 1 is 1.14 bits per heavy atom. The number of aromatic nitrogens is 3. The van der Waals surface area contributed by atoms with E-state index in [9.17, 15) is 22.8 Å². The van der Waals surface area contributed by atoms with Crippen LogP contribution in [-0.4, -0.2) is 44.8 Å². The SMILES string of the molecule is O=C(c1ccc(OC(F)(F)F)cc1)N1CCC(n2c(=O)[nH]c3cccnc32)CC1. The monoisotopic (exact) mass is 406 g/mol. The van der Waals surface area contributed by atoms with Gasteiger partial charge in [0.2, 0.25) is 0 Å². The summed E-state index contributed by atoms with van der Waals surface area (Å²) < 4.78 is 42.2. The van der Waals surface area contributed by atoms with Crippen molar-refractivity contribution in [3.05, 3.63) is 58.6 Å². The molecule has 0 spiro atoms. The molecule has 0 unspecified atom stereocenters. The van der Waals surface area contributed by atoms with Gasteiger partial charge in [0, 0.05) is 30.9 Å². The number of likely N-dealkylation sites (tertiary alicyclic amines) is 1. The molecule has 152 valence electrons. The van der Waals surface area contributed by atoms with Crippen LogP contribution >= 0.6 is 0 Å². The van der Waals surface area contributed by atoms with E-state index in [-0.39, 0.29) is 29.0 Å². The molecular weight excluding hydrogens is 389 g/mol. The van der Waals surface area contributed by atoms with E-state index in [1.54, 1.807) is 27.8 Å². The van der Waals surface area contributed by atoms with Crippen LogP contribution in [0.2, 0.25) is 0 Å². The summed E-state index contributed by atoms with van der Waals surface area (Å²) in [6.45, 7) is 0.854. The molecule has 10 heteroatoms. The van der Waals surface area contributed by atoms with Gasteiger partial charge < -0.3 is 14.6 Å². The second-order valence-corrected chi connectivity index (χ2v) is 6.77. The van der Waals surface area contributed by atoms with Gasteiger partial charge in [-0.05, 0) is 49.2 Å². The largest absolute Gasteiger partial charge is 0.573 e. The summed E-state index contributed by atoms with van der Waals surface area (Å²) in [5.41, 5.74) is 1.30. The van der Waals surface area contributed by atoms with Crippen molar-refractivity contribution in [1.29, 1.82) is 0 Å². The van der Waals surface area contributed by atoms with Crippen LogP contribution < -0.4 is 10.4 Å². The molecule has 0 saturated carbocycles. The van der Waals surface area contributed by atoms with Gasteiger partial charge in [-0.2, -0.15) is 0 Å². The summed E-state index contributed by atoms with van der Waals surface area (Å²) in [5, 5.41) is 0. The number of hydrogen-bond donors (Lipinski definition) is 1. The highest BCUT2D eigenvalue weighted by molar-refractivity contribution is 5.94. The van der Waals surface area contributed by atoms with E-state index in [2.05, 4.69) is 14.7 Å². The van der Waals surface area contributed by atoms with Gasteiger partial charge in [0.05, 0.1) is 5.52 Å². The zero-order valence-corrected chi connectivity index (χ0v) is 15.1. The van der Waals surface area contributed by atoms with Crippen LogP contribution in [-0.2, 0) is 0 Å². The molecular formula is C19H17F3N4O3. The van der Waals surface area contributed by atoms with Gasteiger partial charge in [0.1, 0.15) is 5.75 Å². The van der Waals surface area contributed by atoms with Gasteiger partial charge in [-0.3, -0.25) is 9.36 Å². The standard InChI is InChI=1S/C19H17F3N4O3/c20-19(21,22)29-14-5-3-12(4-6-14)17(27)25-10-7-13(8-11-25)26-16-15(24-18(26)28)2-1-9-23-16/h1-6,9,13H,7-8,10-11H2,(H,24,28). The Labute approximate surface area is 162 Å². The molecule has 3 aromatic rings. The van der Waals surface area contributed by atoms with Crippen molar-refractivity contribution in [3.8, 4) is 5.75 Å². The summed E-state index contributed by atoms with van der Waals surface area (Å²) in [4.78, 5) is 33.6. The number of amides is 1. The molecule has 0 radical (unpaired) electrons. The Morgan fingerprint density at radius 3 is 2.48 bits per heavy atom. The van der Waals surface area contributed by atoms with Crippen molar-refractivity contribution < 1.29 is 22.7 Å². The van der Waals surface area contributed by atoms with Crippen molar-refractivity contribution >= 4 is 17.1 Å². The molecule has 1 aliphatic heterocycles. The lowest BCUT2D eigenvalue weighted by atomic mass is 10.0. The first-order valence-electron chi connectivity index (χ1n) is 9.02. The van der Waals surface area contributed by atoms with Crippen LogP contribution in [0.1, 0.15) is 29.2 Å². The minimum Gasteiger partial charge on any atom is -0.406 e. The molecule has 0 atom stereocenters. The molecule has 1 aromatic carbocycles. The maximum atomic E-state index is 12.6. The lowest BCUT2D eigenvalue weighted by Gasteiger charge is -2.32. The van der Waals surface area contributed by atoms with Crippen LogP contribution in [0.5, 0.6) is 5.75 Å². The average Bonchev–Trinajstić information content (AvgIpc) is 3.02. The summed E-state index contributed by atoms with van der Waals surface area (Å²) in [6, 6.07) is 8.29. The van der Waals surface area contributed by atoms with E-state index in [1.807, 2.05) is 0 Å². The number of aromatic amines is 1. The van der Waals surface area contributed by atoms with E-state index in [1.165, 1.54) is 12.1 Å². The summed E-state index contributed by atoms with van der Waals surface area (Å²) in [7, 11) is 0. The van der Waals surface area contributed by atoms with Gasteiger partial charge in [0.15, 0.2) is 5.65 Å². The second kappa shape index (κ2) is 7.26. The number of nitrogens with zero attached hydrogens (tertiary/aromatic N) is 3. The number of alkyl halides is 3. The molecule has 29 heavy (non-hydrogen) atoms. The number of imidazole rings is 1. The molecule has 1 aliphatic rings. The first kappa shape index (κ1) is 19.0. The molecule has 0 bridgehead atoms. The van der Waals surface area contributed by atoms with Crippen molar-refractivity contribution in [2.75, 3.05) is 13.1 Å². The summed E-state index contributed by atoms with van der Waals surface area (Å²) in [5.74, 6) is -0.648. The van der Waals surface area contributed by atoms with Gasteiger partial charge in [-0.25, -0.2) is 9.78 Å². The quantitative estimate of drug-likeness (QED) is 0.725. The summed E-state index contributed by atoms with van der Waals surface area (Å²) in [6.07, 6.45) is -2.01. The number of benzene rings is 1. The number of piperidine rings is 1. The van der Waals surface area contributed by atoms with E-state index in [0.29, 0.717) is 37.1 Å². The maximum absolute atomic E-state index is 12.6. The molecule has 4 rings (SSSR count). The Morgan fingerprint density at radius 2 is 1.83 bits per heavy atom. The zero-order chi connectivity index (χ0) is 20.6. The maximum Gasteiger partial charge on any atom is 0.573 e. The Bertz CT molecular complexity index is 1080. The Hall–Kier alpha value is -3.30. The normalized spacial score (nSPS) is 15.6. The van der Waals surface area contributed by atoms with Crippen LogP contribution in [0.15, 0.2) is 47.4 Å². The van der Waals surface area contributed by atoms with Crippen molar-refractivity contribution in [3.63, 3.8) is 0 Å². The Kier molecular flexibility index (Phi) is 4.77. The number of H-pyrrole nitrogens is 1. The first-order chi connectivity index (χ1) is 13.8. The second-order valence-electron chi connectivity index (χ2n) is 6.77. The molecule has 1 fully saturated rings. The van der Waals surface area contributed by atoms with Crippen molar-refractivity contribution in [2.24, 2.45) is 0 Å². The lowest BCUT2D eigenvalue weighted by Crippen LogP contribution is -2.40. The molecule has 1 N–H and O–H groups in total. The van der Waals surface area contributed by atoms with Gasteiger partial charge in [-0.1, -0.05) is 0 Å². The average molecular weight is 406 g/mol. The first-order valence-corrected chi connectivity index (χ1v) is 9.02. The van der Waals surface area contributed by atoms with E-state index in [0.717, 1.165) is 12.1 Å². The minimum atomic E-state index is -4.78. The van der Waals surface area contributed by atoms with Crippen LogP contribution in [0, 0.1) is 0 Å². The minimum absolute atomic E-state index is 0.0854. The zero-order valence-electron chi connectivity index (χ0n) is 15.1. The summed E-state index contributed by atoms with van der Waals surface area (Å²) >= 11 is 0. The third-order valence-electron chi connectivity index (χ3n) is 4.93. The lowest BCUT2D eigenvalue weighted by molar-refractivity contribution is -0.274. The molecule has 3 heterocycles. The highest BCUT2D eigenvalue weighted by Crippen LogP contribution is 2.26. The number of hydrogen-bond acceptors (Lipinski definition) is 4. The number of rotatable bonds is 3. The van der Waals surface area contributed by atoms with Gasteiger partial charge in [0.25, 0.3) is 5.91 Å². The smallest absolute Gasteiger partial charge is 0.406 e. The molecule has 1 amide bonds. The predicted octanol–water partition coefficient (Wildman–Crippen LogP) is 3.10. The van der Waals surface area contributed by atoms with E-state index < -0.39 is 6.36 Å². The van der Waals surface area contributed by atoms with Crippen molar-refractivity contribution in [2.45, 2.75) is 25.2 Å². The number of ether oxygens (including phenoxy) is 1. The third-order valence-corrected chi connectivity index (χ3v) is 4.93. The number of carbonyl (C=O) groups excluding carboxylic acids is 1. The van der Waals surface area contributed by atoms with Gasteiger partial charge >= 0.3 is 12.1 Å². The predicted molar refractivity (Wildman–Crippen MR) is 97.7 cm³/mol. The molecule has 2 aromatic heterocycles. The molecule has 1 saturated heterocycles. The highest BCUT2D eigenvalue weighted by atomic mass is 19.4. The highest BCUT2D eigenvalue weighted by Gasteiger charge is 2.31. The Balaban J connectivity index is 1.43. The van der Waals surface area contributed by atoms with Crippen LogP contribution in [0.4, 0.5) is 13.2 Å². The fraction of sp³-hybridized carbons (Fsp3) is 0.316. The van der Waals surface area contributed by atoms with Crippen LogP contribution in [0.3, 0.4) is 0 Å². The third kappa shape index (κ3) is 3.96. The number of pyridine rings is 1. The van der Waals surface area contributed by atoms with Gasteiger partial charge in [-0.15, -0.1) is 13.2 Å². The number of fused-ring (bicyclic) bond motifs is 1. The number of carbonyl (C=O) groups is 1. The fourth-order valence-corrected chi connectivity index (χ4v) is 3.61. The molecule has 7 nitrogen and oxygen atoms in total. The number of nitrogens with one attached hydrogen (secondary N) is 1. The topological polar surface area (TPSA) is 80.2 Å². The fourth-order valence-electron chi connectivity index (χ4n) is 3.61. The van der Waals surface area contributed by atoms with Crippen molar-refractivity contribution in [1.82, 2.24) is 19.4 Å². The van der Waals surface area contributed by atoms with Crippen LogP contribution in [0.25, 0.3) is 11.2 Å².